The monoisotopic (exact) mass is 298 g/mol. The van der Waals surface area contributed by atoms with Gasteiger partial charge in [0.2, 0.25) is 0 Å². The molecule has 0 aliphatic heterocycles. The molecule has 0 saturated carbocycles. The second-order valence-electron chi connectivity index (χ2n) is 6.08. The van der Waals surface area contributed by atoms with E-state index in [-0.39, 0.29) is 17.1 Å². The number of amides is 1. The van der Waals surface area contributed by atoms with Crippen LogP contribution in [0.1, 0.15) is 42.3 Å². The van der Waals surface area contributed by atoms with Crippen LogP contribution in [0.25, 0.3) is 0 Å². The average molecular weight is 298 g/mol. The number of hydrogen-bond acceptors (Lipinski definition) is 2. The predicted octanol–water partition coefficient (Wildman–Crippen LogP) is 3.89. The fourth-order valence-electron chi connectivity index (χ4n) is 1.94. The lowest BCUT2D eigenvalue weighted by molar-refractivity contribution is 0.0955. The third-order valence-electron chi connectivity index (χ3n) is 3.24. The predicted molar refractivity (Wildman–Crippen MR) is 86.6 cm³/mol. The van der Waals surface area contributed by atoms with Gasteiger partial charge in [0.25, 0.3) is 5.91 Å². The smallest absolute Gasteiger partial charge is 0.267 e. The van der Waals surface area contributed by atoms with Gasteiger partial charge in [-0.2, -0.15) is 5.10 Å². The molecule has 0 fully saturated rings. The van der Waals surface area contributed by atoms with E-state index in [2.05, 4.69) is 31.3 Å². The number of benzene rings is 2. The zero-order chi connectivity index (χ0) is 16.2. The third-order valence-corrected chi connectivity index (χ3v) is 3.24. The number of nitrogens with zero attached hydrogens (tertiary/aromatic N) is 1. The van der Waals surface area contributed by atoms with Crippen molar-refractivity contribution in [2.24, 2.45) is 5.10 Å². The summed E-state index contributed by atoms with van der Waals surface area (Å²) in [7, 11) is 0. The Morgan fingerprint density at radius 1 is 1.14 bits per heavy atom. The van der Waals surface area contributed by atoms with Crippen LogP contribution in [0.4, 0.5) is 4.39 Å². The molecule has 114 valence electrons. The summed E-state index contributed by atoms with van der Waals surface area (Å²) >= 11 is 0. The van der Waals surface area contributed by atoms with Crippen molar-refractivity contribution in [3.05, 3.63) is 71.0 Å². The van der Waals surface area contributed by atoms with E-state index in [4.69, 9.17) is 0 Å². The number of carbonyl (C=O) groups excluding carboxylic acids is 1. The molecule has 1 N–H and O–H groups in total. The van der Waals surface area contributed by atoms with E-state index in [0.717, 1.165) is 5.56 Å². The molecule has 1 amide bonds. The first-order valence-electron chi connectivity index (χ1n) is 7.06. The van der Waals surface area contributed by atoms with Gasteiger partial charge in [0.1, 0.15) is 5.82 Å². The molecule has 0 aromatic heterocycles. The third kappa shape index (κ3) is 4.25. The standard InChI is InChI=1S/C18H19FN2O/c1-18(2,3)15-9-7-14(8-10-15)17(22)21-20-12-13-5-4-6-16(19)11-13/h4-12H,1-3H3,(H,21,22)/b20-12+. The Kier molecular flexibility index (Phi) is 4.71. The molecule has 0 unspecified atom stereocenters. The summed E-state index contributed by atoms with van der Waals surface area (Å²) in [6.07, 6.45) is 1.41. The highest BCUT2D eigenvalue weighted by atomic mass is 19.1. The highest BCUT2D eigenvalue weighted by Gasteiger charge is 2.14. The highest BCUT2D eigenvalue weighted by molar-refractivity contribution is 5.94. The number of carbonyl (C=O) groups is 1. The van der Waals surface area contributed by atoms with Gasteiger partial charge < -0.3 is 0 Å². The molecule has 4 heteroatoms. The summed E-state index contributed by atoms with van der Waals surface area (Å²) in [5.41, 5.74) is 4.76. The Morgan fingerprint density at radius 2 is 1.82 bits per heavy atom. The molecular weight excluding hydrogens is 279 g/mol. The maximum Gasteiger partial charge on any atom is 0.271 e. The maximum absolute atomic E-state index is 13.0. The molecule has 0 atom stereocenters. The van der Waals surface area contributed by atoms with Gasteiger partial charge >= 0.3 is 0 Å². The van der Waals surface area contributed by atoms with E-state index >= 15 is 0 Å². The first-order chi connectivity index (χ1) is 10.4. The zero-order valence-corrected chi connectivity index (χ0v) is 12.9. The van der Waals surface area contributed by atoms with Gasteiger partial charge in [0, 0.05) is 5.56 Å². The number of nitrogens with one attached hydrogen (secondary N) is 1. The number of halogens is 1. The van der Waals surface area contributed by atoms with E-state index in [9.17, 15) is 9.18 Å². The second kappa shape index (κ2) is 6.52. The van der Waals surface area contributed by atoms with Crippen LogP contribution in [0.15, 0.2) is 53.6 Å². The van der Waals surface area contributed by atoms with E-state index in [1.54, 1.807) is 24.3 Å². The van der Waals surface area contributed by atoms with Crippen LogP contribution in [0.3, 0.4) is 0 Å². The van der Waals surface area contributed by atoms with Gasteiger partial charge in [0.05, 0.1) is 6.21 Å². The van der Waals surface area contributed by atoms with Crippen LogP contribution in [-0.2, 0) is 5.41 Å². The summed E-state index contributed by atoms with van der Waals surface area (Å²) in [6.45, 7) is 6.35. The summed E-state index contributed by atoms with van der Waals surface area (Å²) in [4.78, 5) is 12.0. The minimum Gasteiger partial charge on any atom is -0.267 e. The summed E-state index contributed by atoms with van der Waals surface area (Å²) in [5.74, 6) is -0.638. The molecule has 0 radical (unpaired) electrons. The Balaban J connectivity index is 2.00. The topological polar surface area (TPSA) is 41.5 Å². The van der Waals surface area contributed by atoms with Gasteiger partial charge in [-0.1, -0.05) is 45.0 Å². The van der Waals surface area contributed by atoms with E-state index in [0.29, 0.717) is 11.1 Å². The normalized spacial score (nSPS) is 11.6. The van der Waals surface area contributed by atoms with Crippen molar-refractivity contribution in [2.75, 3.05) is 0 Å². The first-order valence-corrected chi connectivity index (χ1v) is 7.06. The molecule has 0 bridgehead atoms. The Hall–Kier alpha value is -2.49. The quantitative estimate of drug-likeness (QED) is 0.678. The zero-order valence-electron chi connectivity index (χ0n) is 12.9. The molecule has 0 saturated heterocycles. The van der Waals surface area contributed by atoms with Gasteiger partial charge in [-0.3, -0.25) is 4.79 Å². The Labute approximate surface area is 129 Å². The maximum atomic E-state index is 13.0. The van der Waals surface area contributed by atoms with Crippen molar-refractivity contribution >= 4 is 12.1 Å². The van der Waals surface area contributed by atoms with E-state index < -0.39 is 0 Å². The minimum absolute atomic E-state index is 0.0462. The fourth-order valence-corrected chi connectivity index (χ4v) is 1.94. The molecule has 2 aromatic carbocycles. The summed E-state index contributed by atoms with van der Waals surface area (Å²) < 4.78 is 13.0. The number of rotatable bonds is 3. The van der Waals surface area contributed by atoms with E-state index in [1.165, 1.54) is 18.3 Å². The van der Waals surface area contributed by atoms with Crippen molar-refractivity contribution in [3.63, 3.8) is 0 Å². The molecule has 0 spiro atoms. The van der Waals surface area contributed by atoms with Crippen LogP contribution < -0.4 is 5.43 Å². The molecular formula is C18H19FN2O. The average Bonchev–Trinajstić information content (AvgIpc) is 2.46. The largest absolute Gasteiger partial charge is 0.271 e. The first kappa shape index (κ1) is 15.9. The van der Waals surface area contributed by atoms with Crippen molar-refractivity contribution in [1.82, 2.24) is 5.43 Å². The van der Waals surface area contributed by atoms with Crippen LogP contribution >= 0.6 is 0 Å². The van der Waals surface area contributed by atoms with Crippen LogP contribution in [0.2, 0.25) is 0 Å². The molecule has 0 heterocycles. The lowest BCUT2D eigenvalue weighted by atomic mass is 9.87. The molecule has 0 aliphatic rings. The molecule has 3 nitrogen and oxygen atoms in total. The fraction of sp³-hybridized carbons (Fsp3) is 0.222. The lowest BCUT2D eigenvalue weighted by Gasteiger charge is -2.18. The number of hydrazone groups is 1. The van der Waals surface area contributed by atoms with Gasteiger partial charge in [-0.25, -0.2) is 9.82 Å². The van der Waals surface area contributed by atoms with Crippen molar-refractivity contribution in [3.8, 4) is 0 Å². The highest BCUT2D eigenvalue weighted by Crippen LogP contribution is 2.22. The van der Waals surface area contributed by atoms with Crippen molar-refractivity contribution < 1.29 is 9.18 Å². The van der Waals surface area contributed by atoms with Crippen LogP contribution in [0.5, 0.6) is 0 Å². The van der Waals surface area contributed by atoms with Crippen LogP contribution in [-0.4, -0.2) is 12.1 Å². The summed E-state index contributed by atoms with van der Waals surface area (Å²) in [6, 6.07) is 13.4. The summed E-state index contributed by atoms with van der Waals surface area (Å²) in [5, 5.41) is 3.84. The van der Waals surface area contributed by atoms with Crippen LogP contribution in [0, 0.1) is 5.82 Å². The number of hydrogen-bond donors (Lipinski definition) is 1. The Bertz CT molecular complexity index is 685. The van der Waals surface area contributed by atoms with E-state index in [1.807, 2.05) is 12.1 Å². The molecule has 0 aliphatic carbocycles. The SMILES string of the molecule is CC(C)(C)c1ccc(C(=O)N/N=C/c2cccc(F)c2)cc1. The molecule has 22 heavy (non-hydrogen) atoms. The van der Waals surface area contributed by atoms with Gasteiger partial charge in [-0.15, -0.1) is 0 Å². The molecule has 2 aromatic rings. The van der Waals surface area contributed by atoms with Crippen molar-refractivity contribution in [2.45, 2.75) is 26.2 Å². The second-order valence-corrected chi connectivity index (χ2v) is 6.08. The van der Waals surface area contributed by atoms with Crippen molar-refractivity contribution in [1.29, 1.82) is 0 Å². The lowest BCUT2D eigenvalue weighted by Crippen LogP contribution is -2.18. The molecule has 2 rings (SSSR count). The van der Waals surface area contributed by atoms with Gasteiger partial charge in [-0.05, 0) is 40.8 Å². The van der Waals surface area contributed by atoms with Gasteiger partial charge in [0.15, 0.2) is 0 Å². The Morgan fingerprint density at radius 3 is 2.41 bits per heavy atom. The minimum atomic E-state index is -0.340.